The quantitative estimate of drug-likeness (QED) is 0.0171. The first kappa shape index (κ1) is 73.1. The summed E-state index contributed by atoms with van der Waals surface area (Å²) in [4.78, 5) is 106. The van der Waals surface area contributed by atoms with E-state index in [0.29, 0.717) is 12.8 Å². The van der Waals surface area contributed by atoms with E-state index in [1.54, 1.807) is 13.0 Å². The van der Waals surface area contributed by atoms with Gasteiger partial charge in [-0.25, -0.2) is 0 Å². The van der Waals surface area contributed by atoms with Crippen LogP contribution in [0.5, 0.6) is 0 Å². The number of nitro groups is 6. The van der Waals surface area contributed by atoms with Gasteiger partial charge in [0.25, 0.3) is 34.1 Å². The van der Waals surface area contributed by atoms with E-state index in [4.69, 9.17) is 76.2 Å². The molecule has 6 N–H and O–H groups in total. The van der Waals surface area contributed by atoms with Crippen LogP contribution in [-0.4, -0.2) is 95.8 Å². The minimum absolute atomic E-state index is 0.0423. The van der Waals surface area contributed by atoms with Crippen LogP contribution >= 0.6 is 34.8 Å². The molecule has 30 nitrogen and oxygen atoms in total. The number of carbonyl (C=O) groups excluding carboxylic acids is 4. The Morgan fingerprint density at radius 1 is 0.471 bits per heavy atom. The minimum atomic E-state index is -1.00. The molecule has 0 saturated heterocycles. The fourth-order valence-corrected chi connectivity index (χ4v) is 6.32. The third-order valence-electron chi connectivity index (χ3n) is 10.1. The monoisotopic (exact) mass is 1240 g/mol. The van der Waals surface area contributed by atoms with E-state index in [2.05, 4.69) is 35.5 Å². The zero-order valence-electron chi connectivity index (χ0n) is 44.5. The van der Waals surface area contributed by atoms with Crippen molar-refractivity contribution in [1.82, 2.24) is 0 Å². The average Bonchev–Trinajstić information content (AvgIpc) is 3.57. The van der Waals surface area contributed by atoms with Crippen molar-refractivity contribution in [3.8, 4) is 41.6 Å². The van der Waals surface area contributed by atoms with Crippen LogP contribution in [0.4, 0.5) is 34.1 Å². The second kappa shape index (κ2) is 40.3. The van der Waals surface area contributed by atoms with E-state index >= 15 is 0 Å². The normalized spacial score (nSPS) is 11.1. The van der Waals surface area contributed by atoms with Crippen molar-refractivity contribution in [2.75, 3.05) is 24.2 Å². The molecule has 33 heteroatoms. The number of rotatable bonds is 23. The Kier molecular flexibility index (Phi) is 34.7. The molecule has 4 atom stereocenters. The minimum Gasteiger partial charge on any atom is -0.460 e. The number of nitro benzene ring substituents is 6. The van der Waals surface area contributed by atoms with Gasteiger partial charge < -0.3 is 36.1 Å². The van der Waals surface area contributed by atoms with Gasteiger partial charge in [0.2, 0.25) is 0 Å². The van der Waals surface area contributed by atoms with Gasteiger partial charge in [-0.05, 0) is 18.4 Å². The Labute approximate surface area is 497 Å². The maximum Gasteiger partial charge on any atom is 0.324 e. The Balaban J connectivity index is 0.000000574. The van der Waals surface area contributed by atoms with Crippen LogP contribution < -0.4 is 17.2 Å². The van der Waals surface area contributed by atoms with Crippen LogP contribution in [-0.2, 0) is 64.4 Å². The van der Waals surface area contributed by atoms with E-state index in [0.717, 1.165) is 60.2 Å². The number of carbonyl (C=O) groups is 4. The first-order valence-corrected chi connectivity index (χ1v) is 25.6. The van der Waals surface area contributed by atoms with Crippen molar-refractivity contribution >= 4 is 92.8 Å². The number of hydrogen-bond donors (Lipinski definition) is 3. The second-order valence-electron chi connectivity index (χ2n) is 16.5. The van der Waals surface area contributed by atoms with Crippen molar-refractivity contribution < 1.29 is 67.7 Å². The molecule has 4 aromatic carbocycles. The summed E-state index contributed by atoms with van der Waals surface area (Å²) in [6.45, 7) is 0.517. The maximum absolute atomic E-state index is 11.7. The van der Waals surface area contributed by atoms with Crippen LogP contribution in [0.1, 0.15) is 54.9 Å². The highest BCUT2D eigenvalue weighted by atomic mass is 35.5. The van der Waals surface area contributed by atoms with Gasteiger partial charge in [-0.1, -0.05) is 66.9 Å². The highest BCUT2D eigenvalue weighted by Gasteiger charge is 2.23. The fourth-order valence-electron chi connectivity index (χ4n) is 6.04. The molecule has 0 heterocycles. The van der Waals surface area contributed by atoms with Gasteiger partial charge in [-0.2, -0.15) is 5.26 Å². The van der Waals surface area contributed by atoms with Gasteiger partial charge in [0.05, 0.1) is 71.3 Å². The van der Waals surface area contributed by atoms with Crippen LogP contribution in [0.2, 0.25) is 0 Å². The number of halogens is 3. The van der Waals surface area contributed by atoms with Crippen LogP contribution in [0.3, 0.4) is 0 Å². The smallest absolute Gasteiger partial charge is 0.324 e. The molecule has 450 valence electrons. The highest BCUT2D eigenvalue weighted by molar-refractivity contribution is 6.20. The van der Waals surface area contributed by atoms with Crippen molar-refractivity contribution in [1.29, 1.82) is 5.26 Å². The maximum atomic E-state index is 11.7. The lowest BCUT2D eigenvalue weighted by Crippen LogP contribution is -2.32. The van der Waals surface area contributed by atoms with Crippen LogP contribution in [0.15, 0.2) is 84.9 Å². The van der Waals surface area contributed by atoms with E-state index < -0.39 is 99.7 Å². The second-order valence-corrected chi connectivity index (χ2v) is 17.3. The highest BCUT2D eigenvalue weighted by Crippen LogP contribution is 2.26. The molecule has 0 bridgehead atoms. The van der Waals surface area contributed by atoms with Crippen LogP contribution in [0, 0.1) is 113 Å². The first-order chi connectivity index (χ1) is 40.3. The number of nitrogens with two attached hydrogens (primary N) is 3. The number of benzene rings is 4. The third kappa shape index (κ3) is 30.1. The number of nitrogens with zero attached hydrogens (tertiary/aromatic N) is 7. The first-order valence-electron chi connectivity index (χ1n) is 24.0. The van der Waals surface area contributed by atoms with E-state index in [-0.39, 0.29) is 91.9 Å². The number of nitriles is 1. The van der Waals surface area contributed by atoms with Crippen molar-refractivity contribution in [2.24, 2.45) is 23.1 Å². The number of esters is 4. The number of alkyl halides is 3. The molecular formula is C52H51Cl3N10O20. The summed E-state index contributed by atoms with van der Waals surface area (Å²) in [5, 5.41) is 72.8. The van der Waals surface area contributed by atoms with Gasteiger partial charge in [0.1, 0.15) is 44.0 Å². The van der Waals surface area contributed by atoms with Crippen molar-refractivity contribution in [2.45, 2.75) is 77.0 Å². The summed E-state index contributed by atoms with van der Waals surface area (Å²) in [6.07, 6.45) is 1.36. The lowest BCUT2D eigenvalue weighted by Gasteiger charge is -2.10. The van der Waals surface area contributed by atoms with Gasteiger partial charge in [0, 0.05) is 72.4 Å². The SMILES string of the molecule is C[C@@H](Cc1ccccc1)C(=O)OCC#N.N[C@@H](CC#CCCl)C(=O)OCc1cc([N+](=O)[O-])cc([N+](=O)[O-])c1.N[C@@H](CC#CCCl)C(=O)OCc1cc([N+](=O)[O-])cc([N+](=O)[O-])c1.N[C@@H](CCC#CCCl)C(=O)OCc1cc([N+](=O)[O-])cc([N+](=O)[O-])c1. The zero-order valence-corrected chi connectivity index (χ0v) is 46.8. The van der Waals surface area contributed by atoms with Gasteiger partial charge in [0.15, 0.2) is 6.61 Å². The van der Waals surface area contributed by atoms with Gasteiger partial charge in [-0.15, -0.1) is 40.7 Å². The summed E-state index contributed by atoms with van der Waals surface area (Å²) in [7, 11) is 0. The molecule has 0 aliphatic rings. The molecule has 0 spiro atoms. The lowest BCUT2D eigenvalue weighted by atomic mass is 10.0. The molecule has 4 rings (SSSR count). The molecule has 0 saturated carbocycles. The molecule has 85 heavy (non-hydrogen) atoms. The van der Waals surface area contributed by atoms with Crippen LogP contribution in [0.25, 0.3) is 0 Å². The molecule has 0 unspecified atom stereocenters. The van der Waals surface area contributed by atoms with E-state index in [1.165, 1.54) is 0 Å². The Morgan fingerprint density at radius 3 is 1.09 bits per heavy atom. The Morgan fingerprint density at radius 2 is 0.788 bits per heavy atom. The summed E-state index contributed by atoms with van der Waals surface area (Å²) < 4.78 is 19.4. The summed E-state index contributed by atoms with van der Waals surface area (Å²) in [6, 6.07) is 17.6. The van der Waals surface area contributed by atoms with Crippen molar-refractivity contribution in [3.05, 3.63) is 168 Å². The fraction of sp³-hybridized carbons (Fsp3) is 0.327. The molecule has 0 aliphatic carbocycles. The van der Waals surface area contributed by atoms with E-state index in [1.807, 2.05) is 30.3 Å². The third-order valence-corrected chi connectivity index (χ3v) is 10.5. The molecule has 0 fully saturated rings. The molecule has 0 aliphatic heterocycles. The summed E-state index contributed by atoms with van der Waals surface area (Å²) >= 11 is 16.1. The average molecular weight is 1240 g/mol. The Bertz CT molecular complexity index is 3050. The number of non-ortho nitro benzene ring substituents is 6. The molecule has 0 aromatic heterocycles. The standard InChI is InChI=1S/C14H14ClN3O6.2C13H12ClN3O6.C12H13NO2/c15-5-3-1-2-4-13(16)14(19)24-9-10-6-11(17(20)21)8-12(7-10)18(22)23;2*14-4-2-1-3-12(15)13(18)23-8-9-5-10(16(19)20)7-11(6-9)17(21)22;1-10(12(14)15-8-7-13)9-11-5-3-2-4-6-11/h6-8,13H,2,4-5,9,16H2;2*5-7,12H,3-4,8,15H2;2-6,10H,8-9H2,1H3/t13-;2*12-;10-/m0000/s1. The molecular weight excluding hydrogens is 1190 g/mol. The molecule has 0 amide bonds. The predicted octanol–water partition coefficient (Wildman–Crippen LogP) is 6.84. The summed E-state index contributed by atoms with van der Waals surface area (Å²) in [5.74, 6) is 13.1. The van der Waals surface area contributed by atoms with Gasteiger partial charge in [-0.3, -0.25) is 79.9 Å². The lowest BCUT2D eigenvalue weighted by molar-refractivity contribution is -0.394. The Hall–Kier alpha value is -9.92. The molecule has 4 aromatic rings. The van der Waals surface area contributed by atoms with Gasteiger partial charge >= 0.3 is 23.9 Å². The number of hydrogen-bond acceptors (Lipinski definition) is 24. The molecule has 0 radical (unpaired) electrons. The van der Waals surface area contributed by atoms with E-state index in [9.17, 15) is 79.9 Å². The predicted molar refractivity (Wildman–Crippen MR) is 302 cm³/mol. The summed E-state index contributed by atoms with van der Waals surface area (Å²) in [5.41, 5.74) is 15.3. The topological polar surface area (TPSA) is 466 Å². The number of ether oxygens (including phenoxy) is 4. The van der Waals surface area contributed by atoms with Crippen molar-refractivity contribution in [3.63, 3.8) is 0 Å². The zero-order chi connectivity index (χ0) is 64.0. The largest absolute Gasteiger partial charge is 0.460 e.